The van der Waals surface area contributed by atoms with E-state index in [1.807, 2.05) is 19.1 Å². The maximum Gasteiger partial charge on any atom is 0.416 e. The molecule has 0 saturated carbocycles. The zero-order valence-electron chi connectivity index (χ0n) is 9.58. The Morgan fingerprint density at radius 3 is 2.17 bits per heavy atom. The van der Waals surface area contributed by atoms with Gasteiger partial charge in [-0.1, -0.05) is 17.7 Å². The summed E-state index contributed by atoms with van der Waals surface area (Å²) in [6.45, 7) is 1.94. The average molecular weight is 251 g/mol. The SMILES string of the molecule is Cc1ccc(Oc2[c]cc(C(F)(F)F)cc2)cc1. The summed E-state index contributed by atoms with van der Waals surface area (Å²) in [4.78, 5) is 0. The molecule has 0 spiro atoms. The lowest BCUT2D eigenvalue weighted by atomic mass is 10.2. The molecule has 1 nitrogen and oxygen atoms in total. The molecule has 0 atom stereocenters. The number of ether oxygens (including phenoxy) is 1. The first-order chi connectivity index (χ1) is 8.45. The fourth-order valence-electron chi connectivity index (χ4n) is 1.38. The molecule has 4 heteroatoms. The first kappa shape index (κ1) is 12.5. The third-order valence-corrected chi connectivity index (χ3v) is 2.36. The summed E-state index contributed by atoms with van der Waals surface area (Å²) in [5, 5.41) is 0. The fourth-order valence-corrected chi connectivity index (χ4v) is 1.38. The van der Waals surface area contributed by atoms with Crippen LogP contribution in [0.2, 0.25) is 0 Å². The van der Waals surface area contributed by atoms with Crippen molar-refractivity contribution in [1.82, 2.24) is 0 Å². The van der Waals surface area contributed by atoms with Crippen molar-refractivity contribution in [3.63, 3.8) is 0 Å². The van der Waals surface area contributed by atoms with Crippen LogP contribution in [0.25, 0.3) is 0 Å². The normalized spacial score (nSPS) is 11.3. The van der Waals surface area contributed by atoms with Crippen LogP contribution in [0.3, 0.4) is 0 Å². The topological polar surface area (TPSA) is 9.23 Å². The van der Waals surface area contributed by atoms with Crippen LogP contribution in [0.15, 0.2) is 42.5 Å². The number of halogens is 3. The van der Waals surface area contributed by atoms with Gasteiger partial charge in [-0.3, -0.25) is 0 Å². The maximum atomic E-state index is 12.3. The predicted molar refractivity (Wildman–Crippen MR) is 61.5 cm³/mol. The third-order valence-electron chi connectivity index (χ3n) is 2.36. The summed E-state index contributed by atoms with van der Waals surface area (Å²) in [7, 11) is 0. The molecule has 1 radical (unpaired) electrons. The molecule has 0 aromatic heterocycles. The van der Waals surface area contributed by atoms with E-state index in [9.17, 15) is 13.2 Å². The molecule has 0 aliphatic carbocycles. The van der Waals surface area contributed by atoms with Crippen LogP contribution >= 0.6 is 0 Å². The summed E-state index contributed by atoms with van der Waals surface area (Å²) in [5.74, 6) is 0.823. The van der Waals surface area contributed by atoms with Crippen molar-refractivity contribution >= 4 is 0 Å². The molecule has 2 aromatic carbocycles. The van der Waals surface area contributed by atoms with Crippen LogP contribution < -0.4 is 4.74 Å². The molecular formula is C14H10F3O. The summed E-state index contributed by atoms with van der Waals surface area (Å²) in [6.07, 6.45) is -4.35. The van der Waals surface area contributed by atoms with E-state index in [1.165, 1.54) is 6.07 Å². The minimum absolute atomic E-state index is 0.256. The van der Waals surface area contributed by atoms with Crippen molar-refractivity contribution in [2.24, 2.45) is 0 Å². The van der Waals surface area contributed by atoms with Gasteiger partial charge in [0.05, 0.1) is 5.56 Å². The first-order valence-corrected chi connectivity index (χ1v) is 5.28. The number of rotatable bonds is 2. The van der Waals surface area contributed by atoms with Gasteiger partial charge in [0, 0.05) is 6.07 Å². The number of hydrogen-bond acceptors (Lipinski definition) is 1. The zero-order chi connectivity index (χ0) is 13.2. The highest BCUT2D eigenvalue weighted by atomic mass is 19.4. The second-order valence-electron chi connectivity index (χ2n) is 3.85. The van der Waals surface area contributed by atoms with Crippen molar-refractivity contribution < 1.29 is 17.9 Å². The number of aryl methyl sites for hydroxylation is 1. The van der Waals surface area contributed by atoms with E-state index < -0.39 is 11.7 Å². The molecule has 0 amide bonds. The largest absolute Gasteiger partial charge is 0.457 e. The quantitative estimate of drug-likeness (QED) is 0.757. The van der Waals surface area contributed by atoms with Gasteiger partial charge in [-0.2, -0.15) is 13.2 Å². The molecule has 0 saturated heterocycles. The van der Waals surface area contributed by atoms with E-state index in [-0.39, 0.29) is 5.75 Å². The molecule has 0 bridgehead atoms. The minimum atomic E-state index is -4.35. The highest BCUT2D eigenvalue weighted by Gasteiger charge is 2.30. The van der Waals surface area contributed by atoms with Gasteiger partial charge in [0.2, 0.25) is 0 Å². The molecule has 2 rings (SSSR count). The monoisotopic (exact) mass is 251 g/mol. The lowest BCUT2D eigenvalue weighted by molar-refractivity contribution is -0.137. The van der Waals surface area contributed by atoms with Crippen molar-refractivity contribution in [3.8, 4) is 11.5 Å². The highest BCUT2D eigenvalue weighted by Crippen LogP contribution is 2.31. The van der Waals surface area contributed by atoms with E-state index in [1.54, 1.807) is 12.1 Å². The lowest BCUT2D eigenvalue weighted by Crippen LogP contribution is -2.04. The van der Waals surface area contributed by atoms with Crippen molar-refractivity contribution in [2.45, 2.75) is 13.1 Å². The summed E-state index contributed by atoms with van der Waals surface area (Å²) in [5.41, 5.74) is 0.345. The average Bonchev–Trinajstić information content (AvgIpc) is 2.32. The Kier molecular flexibility index (Phi) is 3.28. The Morgan fingerprint density at radius 1 is 1.00 bits per heavy atom. The Labute approximate surface area is 103 Å². The molecule has 0 N–H and O–H groups in total. The van der Waals surface area contributed by atoms with Gasteiger partial charge in [0.15, 0.2) is 0 Å². The minimum Gasteiger partial charge on any atom is -0.457 e. The van der Waals surface area contributed by atoms with Gasteiger partial charge in [-0.05, 0) is 37.3 Å². The predicted octanol–water partition coefficient (Wildman–Crippen LogP) is 4.61. The first-order valence-electron chi connectivity index (χ1n) is 5.28. The Balaban J connectivity index is 2.13. The van der Waals surface area contributed by atoms with Gasteiger partial charge in [0.25, 0.3) is 0 Å². The zero-order valence-corrected chi connectivity index (χ0v) is 9.58. The van der Waals surface area contributed by atoms with E-state index in [0.29, 0.717) is 5.75 Å². The van der Waals surface area contributed by atoms with Crippen LogP contribution in [0.5, 0.6) is 11.5 Å². The van der Waals surface area contributed by atoms with Gasteiger partial charge in [0.1, 0.15) is 11.5 Å². The van der Waals surface area contributed by atoms with Crippen LogP contribution in [-0.2, 0) is 6.18 Å². The molecule has 0 fully saturated rings. The van der Waals surface area contributed by atoms with Crippen LogP contribution in [0, 0.1) is 13.0 Å². The summed E-state index contributed by atoms with van der Waals surface area (Å²) < 4.78 is 42.4. The lowest BCUT2D eigenvalue weighted by Gasteiger charge is -2.08. The molecule has 0 heterocycles. The Hall–Kier alpha value is -1.97. The third kappa shape index (κ3) is 3.03. The Bertz CT molecular complexity index is 512. The fraction of sp³-hybridized carbons (Fsp3) is 0.143. The number of alkyl halides is 3. The molecule has 18 heavy (non-hydrogen) atoms. The molecule has 2 aromatic rings. The smallest absolute Gasteiger partial charge is 0.416 e. The van der Waals surface area contributed by atoms with Crippen LogP contribution in [-0.4, -0.2) is 0 Å². The van der Waals surface area contributed by atoms with Gasteiger partial charge in [-0.25, -0.2) is 0 Å². The second-order valence-corrected chi connectivity index (χ2v) is 3.85. The van der Waals surface area contributed by atoms with E-state index in [0.717, 1.165) is 17.7 Å². The molecular weight excluding hydrogens is 241 g/mol. The summed E-state index contributed by atoms with van der Waals surface area (Å²) in [6, 6.07) is 12.8. The van der Waals surface area contributed by atoms with Crippen molar-refractivity contribution in [2.75, 3.05) is 0 Å². The standard InChI is InChI=1S/C14H10F3O/c1-10-2-6-12(7-3-10)18-13-8-4-11(5-9-13)14(15,16)17/h2-8H,1H3. The van der Waals surface area contributed by atoms with E-state index in [2.05, 4.69) is 6.07 Å². The van der Waals surface area contributed by atoms with Crippen LogP contribution in [0.1, 0.15) is 11.1 Å². The van der Waals surface area contributed by atoms with Crippen molar-refractivity contribution in [3.05, 3.63) is 59.7 Å². The van der Waals surface area contributed by atoms with E-state index in [4.69, 9.17) is 4.74 Å². The maximum absolute atomic E-state index is 12.3. The number of hydrogen-bond donors (Lipinski definition) is 0. The van der Waals surface area contributed by atoms with Crippen molar-refractivity contribution in [1.29, 1.82) is 0 Å². The van der Waals surface area contributed by atoms with Gasteiger partial charge < -0.3 is 4.74 Å². The highest BCUT2D eigenvalue weighted by molar-refractivity contribution is 5.34. The Morgan fingerprint density at radius 2 is 1.67 bits per heavy atom. The van der Waals surface area contributed by atoms with Crippen LogP contribution in [0.4, 0.5) is 13.2 Å². The van der Waals surface area contributed by atoms with Gasteiger partial charge in [-0.15, -0.1) is 0 Å². The summed E-state index contributed by atoms with van der Waals surface area (Å²) >= 11 is 0. The number of benzene rings is 2. The van der Waals surface area contributed by atoms with Gasteiger partial charge >= 0.3 is 6.18 Å². The van der Waals surface area contributed by atoms with E-state index >= 15 is 0 Å². The molecule has 93 valence electrons. The molecule has 0 aliphatic heterocycles. The molecule has 0 unspecified atom stereocenters. The second kappa shape index (κ2) is 4.72. The molecule has 0 aliphatic rings.